The van der Waals surface area contributed by atoms with Crippen LogP contribution in [0.15, 0.2) is 33.9 Å². The molecule has 1 unspecified atom stereocenters. The molecule has 3 rings (SSSR count). The van der Waals surface area contributed by atoms with Crippen LogP contribution in [0.2, 0.25) is 0 Å². The first-order valence-corrected chi connectivity index (χ1v) is 8.73. The summed E-state index contributed by atoms with van der Waals surface area (Å²) in [6.07, 6.45) is 0.464. The zero-order valence-corrected chi connectivity index (χ0v) is 14.3. The van der Waals surface area contributed by atoms with Gasteiger partial charge in [-0.3, -0.25) is 14.5 Å². The number of ether oxygens (including phenoxy) is 1. The van der Waals surface area contributed by atoms with Crippen LogP contribution in [0.4, 0.5) is 4.39 Å². The number of halogens is 1. The van der Waals surface area contributed by atoms with Crippen LogP contribution < -0.4 is 4.74 Å². The summed E-state index contributed by atoms with van der Waals surface area (Å²) in [6, 6.07) is 6.02. The first-order chi connectivity index (χ1) is 12.0. The van der Waals surface area contributed by atoms with Gasteiger partial charge >= 0.3 is 0 Å². The number of rotatable bonds is 6. The summed E-state index contributed by atoms with van der Waals surface area (Å²) in [5.74, 6) is -0.604. The first-order valence-electron chi connectivity index (χ1n) is 7.75. The van der Waals surface area contributed by atoms with Crippen LogP contribution in [0.1, 0.15) is 31.8 Å². The Hall–Kier alpha value is -2.42. The van der Waals surface area contributed by atoms with E-state index in [4.69, 9.17) is 9.15 Å². The lowest BCUT2D eigenvalue weighted by molar-refractivity contribution is -0.140. The molecule has 25 heavy (non-hydrogen) atoms. The number of aromatic nitrogens is 2. The fourth-order valence-electron chi connectivity index (χ4n) is 2.34. The molecule has 2 heterocycles. The van der Waals surface area contributed by atoms with Crippen LogP contribution in [-0.4, -0.2) is 39.2 Å². The highest BCUT2D eigenvalue weighted by Gasteiger charge is 2.27. The number of hydrogen-bond acceptors (Lipinski definition) is 7. The van der Waals surface area contributed by atoms with Crippen LogP contribution in [0.25, 0.3) is 0 Å². The highest BCUT2D eigenvalue weighted by Crippen LogP contribution is 2.26. The Bertz CT molecular complexity index is 782. The van der Waals surface area contributed by atoms with Crippen molar-refractivity contribution in [1.82, 2.24) is 15.1 Å². The number of thioether (sulfide) groups is 1. The molecule has 1 aliphatic heterocycles. The van der Waals surface area contributed by atoms with E-state index < -0.39 is 11.9 Å². The summed E-state index contributed by atoms with van der Waals surface area (Å²) in [5.41, 5.74) is 0. The second-order valence-electron chi connectivity index (χ2n) is 5.43. The molecule has 2 aromatic rings. The van der Waals surface area contributed by atoms with Gasteiger partial charge in [0.15, 0.2) is 17.7 Å². The minimum Gasteiger partial charge on any atom is -0.478 e. The van der Waals surface area contributed by atoms with Gasteiger partial charge in [0.2, 0.25) is 11.8 Å². The molecule has 1 saturated heterocycles. The zero-order valence-electron chi connectivity index (χ0n) is 13.5. The fraction of sp³-hybridized carbons (Fsp3) is 0.375. The van der Waals surface area contributed by atoms with Gasteiger partial charge in [-0.1, -0.05) is 23.9 Å². The molecule has 1 aromatic carbocycles. The van der Waals surface area contributed by atoms with Crippen LogP contribution >= 0.6 is 11.8 Å². The van der Waals surface area contributed by atoms with Crippen molar-refractivity contribution >= 4 is 23.6 Å². The van der Waals surface area contributed by atoms with Crippen molar-refractivity contribution in [3.05, 3.63) is 36.0 Å². The van der Waals surface area contributed by atoms with Gasteiger partial charge in [-0.2, -0.15) is 0 Å². The number of imide groups is 1. The smallest absolute Gasteiger partial charge is 0.277 e. The van der Waals surface area contributed by atoms with Crippen molar-refractivity contribution in [3.63, 3.8) is 0 Å². The third-order valence-electron chi connectivity index (χ3n) is 3.60. The number of carbonyl (C=O) groups excluding carboxylic acids is 2. The van der Waals surface area contributed by atoms with Gasteiger partial charge in [-0.25, -0.2) is 4.39 Å². The normalized spacial score (nSPS) is 15.4. The van der Waals surface area contributed by atoms with Gasteiger partial charge in [0.25, 0.3) is 11.1 Å². The van der Waals surface area contributed by atoms with Crippen LogP contribution in [0.3, 0.4) is 0 Å². The van der Waals surface area contributed by atoms with Crippen molar-refractivity contribution in [2.24, 2.45) is 0 Å². The van der Waals surface area contributed by atoms with E-state index in [9.17, 15) is 14.0 Å². The molecule has 1 atom stereocenters. The Labute approximate surface area is 147 Å². The summed E-state index contributed by atoms with van der Waals surface area (Å²) in [6.45, 7) is 2.11. The van der Waals surface area contributed by atoms with E-state index in [1.165, 1.54) is 17.0 Å². The highest BCUT2D eigenvalue weighted by atomic mass is 32.2. The number of para-hydroxylation sites is 1. The number of likely N-dealkylation sites (tertiary alicyclic amines) is 1. The van der Waals surface area contributed by atoms with Crippen LogP contribution in [0, 0.1) is 5.82 Å². The molecular formula is C16H16FN3O4S. The Morgan fingerprint density at radius 1 is 1.44 bits per heavy atom. The summed E-state index contributed by atoms with van der Waals surface area (Å²) in [7, 11) is 0. The van der Waals surface area contributed by atoms with Gasteiger partial charge in [-0.05, 0) is 25.5 Å². The quantitative estimate of drug-likeness (QED) is 0.727. The molecule has 1 aliphatic rings. The number of hydrogen-bond donors (Lipinski definition) is 0. The predicted octanol–water partition coefficient (Wildman–Crippen LogP) is 2.59. The lowest BCUT2D eigenvalue weighted by Crippen LogP contribution is -2.33. The van der Waals surface area contributed by atoms with E-state index in [0.717, 1.165) is 11.8 Å². The number of amides is 2. The second kappa shape index (κ2) is 7.64. The molecule has 132 valence electrons. The predicted molar refractivity (Wildman–Crippen MR) is 86.4 cm³/mol. The third kappa shape index (κ3) is 4.16. The largest absolute Gasteiger partial charge is 0.478 e. The maximum atomic E-state index is 13.6. The van der Waals surface area contributed by atoms with Crippen molar-refractivity contribution in [1.29, 1.82) is 0 Å². The average Bonchev–Trinajstić information content (AvgIpc) is 3.24. The molecule has 0 spiro atoms. The van der Waals surface area contributed by atoms with Gasteiger partial charge in [-0.15, -0.1) is 10.2 Å². The van der Waals surface area contributed by atoms with Crippen molar-refractivity contribution < 1.29 is 23.1 Å². The molecule has 2 amide bonds. The maximum absolute atomic E-state index is 13.6. The SMILES string of the molecule is CC(Oc1ccccc1F)c1nnc(SCC(=O)N2CCCC2=O)o1. The lowest BCUT2D eigenvalue weighted by Gasteiger charge is -2.12. The highest BCUT2D eigenvalue weighted by molar-refractivity contribution is 7.99. The van der Waals surface area contributed by atoms with Crippen molar-refractivity contribution in [2.75, 3.05) is 12.3 Å². The fourth-order valence-corrected chi connectivity index (χ4v) is 2.98. The number of nitrogens with zero attached hydrogens (tertiary/aromatic N) is 3. The summed E-state index contributed by atoms with van der Waals surface area (Å²) < 4.78 is 24.5. The molecule has 1 aromatic heterocycles. The second-order valence-corrected chi connectivity index (χ2v) is 6.35. The van der Waals surface area contributed by atoms with Crippen molar-refractivity contribution in [3.8, 4) is 5.75 Å². The van der Waals surface area contributed by atoms with E-state index in [2.05, 4.69) is 10.2 Å². The summed E-state index contributed by atoms with van der Waals surface area (Å²) in [4.78, 5) is 24.7. The Morgan fingerprint density at radius 3 is 2.96 bits per heavy atom. The van der Waals surface area contributed by atoms with Gasteiger partial charge < -0.3 is 9.15 Å². The van der Waals surface area contributed by atoms with Crippen LogP contribution in [0.5, 0.6) is 5.75 Å². The third-order valence-corrected chi connectivity index (χ3v) is 4.41. The molecule has 0 bridgehead atoms. The summed E-state index contributed by atoms with van der Waals surface area (Å²) >= 11 is 1.05. The minimum atomic E-state index is -0.644. The van der Waals surface area contributed by atoms with Gasteiger partial charge in [0, 0.05) is 13.0 Å². The number of carbonyl (C=O) groups is 2. The Kier molecular flexibility index (Phi) is 5.32. The Balaban J connectivity index is 1.56. The first kappa shape index (κ1) is 17.4. The molecular weight excluding hydrogens is 349 g/mol. The number of benzene rings is 1. The van der Waals surface area contributed by atoms with E-state index in [-0.39, 0.29) is 34.4 Å². The minimum absolute atomic E-state index is 0.0376. The zero-order chi connectivity index (χ0) is 17.8. The average molecular weight is 365 g/mol. The lowest BCUT2D eigenvalue weighted by atomic mass is 10.3. The van der Waals surface area contributed by atoms with Crippen LogP contribution in [-0.2, 0) is 9.59 Å². The van der Waals surface area contributed by atoms with Gasteiger partial charge in [0.1, 0.15) is 0 Å². The van der Waals surface area contributed by atoms with E-state index >= 15 is 0 Å². The molecule has 7 nitrogen and oxygen atoms in total. The molecule has 9 heteroatoms. The molecule has 1 fully saturated rings. The standard InChI is InChI=1S/C16H16FN3O4S/c1-10(23-12-6-3-2-5-11(12)17)15-18-19-16(24-15)25-9-14(22)20-8-4-7-13(20)21/h2-3,5-6,10H,4,7-9H2,1H3. The topological polar surface area (TPSA) is 85.5 Å². The molecule has 0 saturated carbocycles. The van der Waals surface area contributed by atoms with E-state index in [1.54, 1.807) is 19.1 Å². The van der Waals surface area contributed by atoms with E-state index in [1.807, 2.05) is 0 Å². The molecule has 0 N–H and O–H groups in total. The van der Waals surface area contributed by atoms with E-state index in [0.29, 0.717) is 19.4 Å². The van der Waals surface area contributed by atoms with Gasteiger partial charge in [0.05, 0.1) is 5.75 Å². The maximum Gasteiger partial charge on any atom is 0.277 e. The molecule has 0 aliphatic carbocycles. The molecule has 0 radical (unpaired) electrons. The van der Waals surface area contributed by atoms with Crippen molar-refractivity contribution in [2.45, 2.75) is 31.1 Å². The monoisotopic (exact) mass is 365 g/mol. The summed E-state index contributed by atoms with van der Waals surface area (Å²) in [5, 5.41) is 7.88. The Morgan fingerprint density at radius 2 is 2.24 bits per heavy atom.